The second-order valence-electron chi connectivity index (χ2n) is 5.33. The molecule has 2 aromatic carbocycles. The van der Waals surface area contributed by atoms with E-state index in [1.165, 1.54) is 12.1 Å². The molecule has 1 unspecified atom stereocenters. The zero-order valence-electron chi connectivity index (χ0n) is 12.3. The topological polar surface area (TPSA) is 89.5 Å². The summed E-state index contributed by atoms with van der Waals surface area (Å²) in [5, 5.41) is 3.17. The van der Waals surface area contributed by atoms with Gasteiger partial charge in [0.15, 0.2) is 9.84 Å². The maximum atomic E-state index is 12.4. The molecule has 6 nitrogen and oxygen atoms in total. The van der Waals surface area contributed by atoms with Crippen LogP contribution in [0.3, 0.4) is 0 Å². The van der Waals surface area contributed by atoms with Gasteiger partial charge in [-0.1, -0.05) is 24.3 Å². The minimum atomic E-state index is -3.63. The number of hydrogen-bond donors (Lipinski definition) is 1. The van der Waals surface area contributed by atoms with Crippen molar-refractivity contribution in [2.24, 2.45) is 0 Å². The van der Waals surface area contributed by atoms with Crippen LogP contribution in [0.1, 0.15) is 11.6 Å². The largest absolute Gasteiger partial charge is 0.383 e. The summed E-state index contributed by atoms with van der Waals surface area (Å²) < 4.78 is 52.1. The van der Waals surface area contributed by atoms with Crippen molar-refractivity contribution in [2.45, 2.75) is 10.9 Å². The Hall–Kier alpha value is -2.06. The minimum absolute atomic E-state index is 0.105. The monoisotopic (exact) mass is 353 g/mol. The molecular formula is C15H15NO5S2. The normalized spacial score (nSPS) is 19.4. The molecule has 0 fully saturated rings. The molecule has 122 valence electrons. The third kappa shape index (κ3) is 3.48. The molecule has 0 amide bonds. The van der Waals surface area contributed by atoms with Gasteiger partial charge in [-0.2, -0.15) is 8.42 Å². The zero-order chi connectivity index (χ0) is 16.7. The van der Waals surface area contributed by atoms with Gasteiger partial charge >= 0.3 is 10.1 Å². The van der Waals surface area contributed by atoms with Crippen LogP contribution in [-0.2, 0) is 20.0 Å². The van der Waals surface area contributed by atoms with E-state index in [-0.39, 0.29) is 16.4 Å². The quantitative estimate of drug-likeness (QED) is 0.849. The van der Waals surface area contributed by atoms with Crippen molar-refractivity contribution in [1.29, 1.82) is 0 Å². The molecule has 0 aromatic heterocycles. The van der Waals surface area contributed by atoms with Gasteiger partial charge in [0.25, 0.3) is 0 Å². The Balaban J connectivity index is 1.97. The Morgan fingerprint density at radius 1 is 1.13 bits per heavy atom. The molecule has 0 saturated heterocycles. The summed E-state index contributed by atoms with van der Waals surface area (Å²) >= 11 is 0. The predicted molar refractivity (Wildman–Crippen MR) is 86.8 cm³/mol. The third-order valence-corrected chi connectivity index (χ3v) is 5.74. The standard InChI is InChI=1S/C15H15NO5S2/c1-22(17,18)21-12-6-4-5-11(9-12)14-10-23(19,20)15-8-3-2-7-13(15)16-14/h2-9,14,16H,10H2,1H3. The van der Waals surface area contributed by atoms with E-state index in [1.54, 1.807) is 36.4 Å². The number of para-hydroxylation sites is 1. The fourth-order valence-electron chi connectivity index (χ4n) is 2.53. The summed E-state index contributed by atoms with van der Waals surface area (Å²) in [6.45, 7) is 0. The average Bonchev–Trinajstić information content (AvgIpc) is 2.45. The Bertz CT molecular complexity index is 951. The molecule has 2 aromatic rings. The van der Waals surface area contributed by atoms with Crippen LogP contribution in [0.4, 0.5) is 5.69 Å². The molecule has 1 N–H and O–H groups in total. The van der Waals surface area contributed by atoms with E-state index in [0.29, 0.717) is 11.3 Å². The highest BCUT2D eigenvalue weighted by molar-refractivity contribution is 7.91. The van der Waals surface area contributed by atoms with Crippen LogP contribution in [0.5, 0.6) is 5.75 Å². The van der Waals surface area contributed by atoms with Crippen molar-refractivity contribution in [3.63, 3.8) is 0 Å². The molecule has 0 radical (unpaired) electrons. The summed E-state index contributed by atoms with van der Waals surface area (Å²) in [4.78, 5) is 0.278. The zero-order valence-corrected chi connectivity index (χ0v) is 13.9. The highest BCUT2D eigenvalue weighted by Gasteiger charge is 2.30. The van der Waals surface area contributed by atoms with Gasteiger partial charge in [0.05, 0.1) is 28.6 Å². The van der Waals surface area contributed by atoms with Crippen molar-refractivity contribution >= 4 is 25.6 Å². The molecule has 0 spiro atoms. The molecule has 1 atom stereocenters. The summed E-state index contributed by atoms with van der Waals surface area (Å²) in [6.07, 6.45) is 0.958. The lowest BCUT2D eigenvalue weighted by atomic mass is 10.1. The van der Waals surface area contributed by atoms with Crippen LogP contribution >= 0.6 is 0 Å². The minimum Gasteiger partial charge on any atom is -0.383 e. The van der Waals surface area contributed by atoms with E-state index in [4.69, 9.17) is 4.18 Å². The average molecular weight is 353 g/mol. The van der Waals surface area contributed by atoms with Crippen molar-refractivity contribution < 1.29 is 21.0 Å². The summed E-state index contributed by atoms with van der Waals surface area (Å²) in [6, 6.07) is 12.6. The van der Waals surface area contributed by atoms with E-state index in [1.807, 2.05) is 0 Å². The number of nitrogens with one attached hydrogen (secondary N) is 1. The van der Waals surface area contributed by atoms with E-state index in [2.05, 4.69) is 5.32 Å². The first kappa shape index (κ1) is 15.8. The van der Waals surface area contributed by atoms with Gasteiger partial charge in [0.1, 0.15) is 5.75 Å². The van der Waals surface area contributed by atoms with Crippen molar-refractivity contribution in [3.05, 3.63) is 54.1 Å². The van der Waals surface area contributed by atoms with Gasteiger partial charge in [-0.3, -0.25) is 0 Å². The molecule has 1 heterocycles. The fourth-order valence-corrected chi connectivity index (χ4v) is 4.63. The van der Waals surface area contributed by atoms with Gasteiger partial charge in [-0.05, 0) is 29.8 Å². The SMILES string of the molecule is CS(=O)(=O)Oc1cccc(C2CS(=O)(=O)c3ccccc3N2)c1. The van der Waals surface area contributed by atoms with Crippen LogP contribution in [0.25, 0.3) is 0 Å². The van der Waals surface area contributed by atoms with Gasteiger partial charge < -0.3 is 9.50 Å². The lowest BCUT2D eigenvalue weighted by Crippen LogP contribution is -2.27. The van der Waals surface area contributed by atoms with Crippen molar-refractivity contribution in [1.82, 2.24) is 0 Å². The first-order chi connectivity index (χ1) is 10.7. The van der Waals surface area contributed by atoms with Crippen molar-refractivity contribution in [3.8, 4) is 5.75 Å². The van der Waals surface area contributed by atoms with E-state index >= 15 is 0 Å². The van der Waals surface area contributed by atoms with Gasteiger partial charge in [-0.15, -0.1) is 0 Å². The molecule has 0 bridgehead atoms. The van der Waals surface area contributed by atoms with E-state index in [0.717, 1.165) is 6.26 Å². The fraction of sp³-hybridized carbons (Fsp3) is 0.200. The Morgan fingerprint density at radius 3 is 2.61 bits per heavy atom. The summed E-state index contributed by atoms with van der Waals surface area (Å²) in [5.41, 5.74) is 1.18. The van der Waals surface area contributed by atoms with Crippen molar-refractivity contribution in [2.75, 3.05) is 17.3 Å². The summed E-state index contributed by atoms with van der Waals surface area (Å²) in [7, 11) is -7.04. The molecule has 23 heavy (non-hydrogen) atoms. The molecule has 3 rings (SSSR count). The Labute approximate surface area is 135 Å². The van der Waals surface area contributed by atoms with Gasteiger partial charge in [0, 0.05) is 0 Å². The van der Waals surface area contributed by atoms with E-state index in [9.17, 15) is 16.8 Å². The summed E-state index contributed by atoms with van der Waals surface area (Å²) in [5.74, 6) is 0.0508. The second-order valence-corrected chi connectivity index (χ2v) is 8.91. The van der Waals surface area contributed by atoms with Crippen LogP contribution in [0.15, 0.2) is 53.4 Å². The van der Waals surface area contributed by atoms with E-state index < -0.39 is 26.0 Å². The molecule has 8 heteroatoms. The van der Waals surface area contributed by atoms with Crippen LogP contribution in [-0.4, -0.2) is 28.8 Å². The molecule has 0 saturated carbocycles. The van der Waals surface area contributed by atoms with Gasteiger partial charge in [0.2, 0.25) is 0 Å². The second kappa shape index (κ2) is 5.54. The van der Waals surface area contributed by atoms with Crippen LogP contribution < -0.4 is 9.50 Å². The lowest BCUT2D eigenvalue weighted by molar-refractivity contribution is 0.492. The third-order valence-electron chi connectivity index (χ3n) is 3.45. The smallest absolute Gasteiger partial charge is 0.306 e. The Morgan fingerprint density at radius 2 is 1.87 bits per heavy atom. The molecule has 0 aliphatic carbocycles. The number of anilines is 1. The molecular weight excluding hydrogens is 338 g/mol. The highest BCUT2D eigenvalue weighted by atomic mass is 32.2. The Kier molecular flexibility index (Phi) is 3.81. The first-order valence-corrected chi connectivity index (χ1v) is 10.3. The number of rotatable bonds is 3. The molecule has 1 aliphatic heterocycles. The first-order valence-electron chi connectivity index (χ1n) is 6.82. The maximum absolute atomic E-state index is 12.4. The van der Waals surface area contributed by atoms with Gasteiger partial charge in [-0.25, -0.2) is 8.42 Å². The highest BCUT2D eigenvalue weighted by Crippen LogP contribution is 2.34. The van der Waals surface area contributed by atoms with Crippen LogP contribution in [0, 0.1) is 0 Å². The lowest BCUT2D eigenvalue weighted by Gasteiger charge is -2.27. The number of fused-ring (bicyclic) bond motifs is 1. The number of sulfone groups is 1. The molecule has 1 aliphatic rings. The predicted octanol–water partition coefficient (Wildman–Crippen LogP) is 1.97. The maximum Gasteiger partial charge on any atom is 0.306 e. The van der Waals surface area contributed by atoms with Crippen LogP contribution in [0.2, 0.25) is 0 Å². The number of hydrogen-bond acceptors (Lipinski definition) is 6. The number of benzene rings is 2.